The molecular weight excluding hydrogens is 256 g/mol. The summed E-state index contributed by atoms with van der Waals surface area (Å²) < 4.78 is 5.31. The van der Waals surface area contributed by atoms with Gasteiger partial charge in [-0.2, -0.15) is 0 Å². The molecular formula is C20H28O. The van der Waals surface area contributed by atoms with E-state index < -0.39 is 0 Å². The van der Waals surface area contributed by atoms with Crippen LogP contribution in [-0.2, 0) is 4.74 Å². The van der Waals surface area contributed by atoms with Crippen LogP contribution in [0, 0.1) is 0 Å². The van der Waals surface area contributed by atoms with Gasteiger partial charge in [0.25, 0.3) is 0 Å². The van der Waals surface area contributed by atoms with Crippen LogP contribution in [0.15, 0.2) is 60.7 Å². The summed E-state index contributed by atoms with van der Waals surface area (Å²) in [5.74, 6) is 0. The first-order valence-corrected chi connectivity index (χ1v) is 8.06. The highest BCUT2D eigenvalue weighted by Gasteiger charge is 1.91. The third kappa shape index (κ3) is 8.31. The Bertz CT molecular complexity index is 392. The van der Waals surface area contributed by atoms with Gasteiger partial charge >= 0.3 is 0 Å². The van der Waals surface area contributed by atoms with Gasteiger partial charge in [-0.1, -0.05) is 87.4 Å². The molecule has 1 nitrogen and oxygen atoms in total. The van der Waals surface area contributed by atoms with E-state index in [1.165, 1.54) is 36.8 Å². The first-order valence-electron chi connectivity index (χ1n) is 8.06. The molecule has 0 aliphatic rings. The molecule has 0 N–H and O–H groups in total. The second-order valence-corrected chi connectivity index (χ2v) is 5.05. The van der Waals surface area contributed by atoms with Crippen molar-refractivity contribution in [3.05, 3.63) is 60.7 Å². The Morgan fingerprint density at radius 3 is 1.33 bits per heavy atom. The molecule has 0 fully saturated rings. The molecule has 0 aliphatic carbocycles. The van der Waals surface area contributed by atoms with Gasteiger partial charge in [0.05, 0.1) is 0 Å². The zero-order chi connectivity index (χ0) is 15.2. The van der Waals surface area contributed by atoms with E-state index in [0.717, 1.165) is 13.2 Å². The van der Waals surface area contributed by atoms with Crippen LogP contribution in [0.25, 0.3) is 11.1 Å². The highest BCUT2D eigenvalue weighted by Crippen LogP contribution is 2.17. The molecule has 0 spiro atoms. The first-order chi connectivity index (χ1) is 10.4. The fraction of sp³-hybridized carbons (Fsp3) is 0.400. The lowest BCUT2D eigenvalue weighted by Crippen LogP contribution is -1.95. The van der Waals surface area contributed by atoms with Gasteiger partial charge in [0, 0.05) is 13.2 Å². The summed E-state index contributed by atoms with van der Waals surface area (Å²) in [4.78, 5) is 0. The quantitative estimate of drug-likeness (QED) is 0.570. The van der Waals surface area contributed by atoms with E-state index in [0.29, 0.717) is 0 Å². The average Bonchev–Trinajstić information content (AvgIpc) is 2.57. The third-order valence-corrected chi connectivity index (χ3v) is 3.17. The predicted molar refractivity (Wildman–Crippen MR) is 92.5 cm³/mol. The monoisotopic (exact) mass is 284 g/mol. The maximum absolute atomic E-state index is 5.31. The van der Waals surface area contributed by atoms with Crippen molar-refractivity contribution < 1.29 is 4.74 Å². The Hall–Kier alpha value is -1.60. The van der Waals surface area contributed by atoms with E-state index in [-0.39, 0.29) is 0 Å². The molecule has 21 heavy (non-hydrogen) atoms. The van der Waals surface area contributed by atoms with E-state index in [4.69, 9.17) is 4.74 Å². The maximum Gasteiger partial charge on any atom is 0.0465 e. The molecule has 2 aromatic rings. The third-order valence-electron chi connectivity index (χ3n) is 3.17. The summed E-state index contributed by atoms with van der Waals surface area (Å²) in [5.41, 5.74) is 2.55. The van der Waals surface area contributed by atoms with E-state index in [1.54, 1.807) is 0 Å². The summed E-state index contributed by atoms with van der Waals surface area (Å²) in [7, 11) is 0. The standard InChI is InChI=1S/C12H10.C8H18O/c1-3-7-11(8-4-1)12-9-5-2-6-10-12;1-3-5-7-9-8-6-4-2/h1-10H;3-8H2,1-2H3. The lowest BCUT2D eigenvalue weighted by Gasteiger charge is -1.99. The van der Waals surface area contributed by atoms with Crippen LogP contribution in [0.2, 0.25) is 0 Å². The SMILES string of the molecule is CCCCOCCCC.c1ccc(-c2ccccc2)cc1. The number of unbranched alkanes of at least 4 members (excludes halogenated alkanes) is 2. The minimum absolute atomic E-state index is 0.955. The first kappa shape index (κ1) is 17.5. The molecule has 0 atom stereocenters. The van der Waals surface area contributed by atoms with Gasteiger partial charge in [-0.25, -0.2) is 0 Å². The Morgan fingerprint density at radius 1 is 0.619 bits per heavy atom. The van der Waals surface area contributed by atoms with E-state index in [1.807, 2.05) is 12.1 Å². The van der Waals surface area contributed by atoms with E-state index >= 15 is 0 Å². The zero-order valence-corrected chi connectivity index (χ0v) is 13.4. The van der Waals surface area contributed by atoms with Crippen molar-refractivity contribution in [2.24, 2.45) is 0 Å². The van der Waals surface area contributed by atoms with Crippen LogP contribution >= 0.6 is 0 Å². The Balaban J connectivity index is 0.000000222. The lowest BCUT2D eigenvalue weighted by atomic mass is 10.1. The second kappa shape index (κ2) is 12.2. The molecule has 0 aliphatic heterocycles. The molecule has 0 radical (unpaired) electrons. The maximum atomic E-state index is 5.31. The lowest BCUT2D eigenvalue weighted by molar-refractivity contribution is 0.128. The van der Waals surface area contributed by atoms with Crippen molar-refractivity contribution >= 4 is 0 Å². The minimum Gasteiger partial charge on any atom is -0.381 e. The van der Waals surface area contributed by atoms with E-state index in [2.05, 4.69) is 62.4 Å². The molecule has 1 heteroatoms. The second-order valence-electron chi connectivity index (χ2n) is 5.05. The molecule has 0 bridgehead atoms. The molecule has 0 aromatic heterocycles. The fourth-order valence-electron chi connectivity index (χ4n) is 1.86. The number of hydrogen-bond donors (Lipinski definition) is 0. The van der Waals surface area contributed by atoms with Gasteiger partial charge in [0.1, 0.15) is 0 Å². The number of ether oxygens (including phenoxy) is 1. The van der Waals surface area contributed by atoms with Crippen molar-refractivity contribution in [2.75, 3.05) is 13.2 Å². The van der Waals surface area contributed by atoms with Crippen molar-refractivity contribution in [3.8, 4) is 11.1 Å². The smallest absolute Gasteiger partial charge is 0.0465 e. The number of rotatable bonds is 7. The summed E-state index contributed by atoms with van der Waals surface area (Å²) in [6, 6.07) is 20.8. The van der Waals surface area contributed by atoms with E-state index in [9.17, 15) is 0 Å². The molecule has 114 valence electrons. The summed E-state index contributed by atoms with van der Waals surface area (Å²) in [6.45, 7) is 6.28. The molecule has 2 rings (SSSR count). The predicted octanol–water partition coefficient (Wildman–Crippen LogP) is 5.96. The average molecular weight is 284 g/mol. The normalized spacial score (nSPS) is 9.81. The highest BCUT2D eigenvalue weighted by molar-refractivity contribution is 5.62. The van der Waals surface area contributed by atoms with Crippen molar-refractivity contribution in [3.63, 3.8) is 0 Å². The van der Waals surface area contributed by atoms with Crippen LogP contribution in [0.4, 0.5) is 0 Å². The molecule has 0 heterocycles. The molecule has 0 saturated carbocycles. The van der Waals surface area contributed by atoms with Gasteiger partial charge in [-0.3, -0.25) is 0 Å². The van der Waals surface area contributed by atoms with Crippen molar-refractivity contribution in [2.45, 2.75) is 39.5 Å². The van der Waals surface area contributed by atoms with Crippen LogP contribution < -0.4 is 0 Å². The summed E-state index contributed by atoms with van der Waals surface area (Å²) >= 11 is 0. The zero-order valence-electron chi connectivity index (χ0n) is 13.4. The minimum atomic E-state index is 0.955. The van der Waals surface area contributed by atoms with Crippen molar-refractivity contribution in [1.29, 1.82) is 0 Å². The van der Waals surface area contributed by atoms with Gasteiger partial charge < -0.3 is 4.74 Å². The number of benzene rings is 2. The van der Waals surface area contributed by atoms with Gasteiger partial charge in [0.2, 0.25) is 0 Å². The Labute approximate surface area is 130 Å². The topological polar surface area (TPSA) is 9.23 Å². The number of hydrogen-bond acceptors (Lipinski definition) is 1. The van der Waals surface area contributed by atoms with Crippen LogP contribution in [-0.4, -0.2) is 13.2 Å². The molecule has 0 saturated heterocycles. The molecule has 2 aromatic carbocycles. The van der Waals surface area contributed by atoms with Crippen LogP contribution in [0.1, 0.15) is 39.5 Å². The fourth-order valence-corrected chi connectivity index (χ4v) is 1.86. The Morgan fingerprint density at radius 2 is 1.00 bits per heavy atom. The highest BCUT2D eigenvalue weighted by atomic mass is 16.5. The Kier molecular flexibility index (Phi) is 10.1. The van der Waals surface area contributed by atoms with Gasteiger partial charge in [-0.05, 0) is 24.0 Å². The molecule has 0 unspecified atom stereocenters. The summed E-state index contributed by atoms with van der Waals surface area (Å²) in [6.07, 6.45) is 4.91. The van der Waals surface area contributed by atoms with Crippen LogP contribution in [0.3, 0.4) is 0 Å². The molecule has 0 amide bonds. The largest absolute Gasteiger partial charge is 0.381 e. The van der Waals surface area contributed by atoms with Gasteiger partial charge in [0.15, 0.2) is 0 Å². The van der Waals surface area contributed by atoms with Gasteiger partial charge in [-0.15, -0.1) is 0 Å². The van der Waals surface area contributed by atoms with Crippen molar-refractivity contribution in [1.82, 2.24) is 0 Å². The summed E-state index contributed by atoms with van der Waals surface area (Å²) in [5, 5.41) is 0. The van der Waals surface area contributed by atoms with Crippen LogP contribution in [0.5, 0.6) is 0 Å².